The highest BCUT2D eigenvalue weighted by molar-refractivity contribution is 7.91. The maximum atomic E-state index is 12.7. The van der Waals surface area contributed by atoms with E-state index in [2.05, 4.69) is 15.2 Å². The first-order valence-electron chi connectivity index (χ1n) is 8.10. The Morgan fingerprint density at radius 1 is 1.07 bits per heavy atom. The monoisotopic (exact) mass is 381 g/mol. The molecule has 9 heteroatoms. The van der Waals surface area contributed by atoms with Crippen LogP contribution < -0.4 is 5.56 Å². The fourth-order valence-corrected chi connectivity index (χ4v) is 3.97. The second kappa shape index (κ2) is 6.44. The van der Waals surface area contributed by atoms with E-state index >= 15 is 0 Å². The number of pyridine rings is 1. The zero-order valence-electron chi connectivity index (χ0n) is 14.3. The van der Waals surface area contributed by atoms with Gasteiger partial charge in [0, 0.05) is 24.8 Å². The van der Waals surface area contributed by atoms with Crippen molar-refractivity contribution in [1.29, 1.82) is 0 Å². The van der Waals surface area contributed by atoms with Crippen LogP contribution in [0, 0.1) is 0 Å². The van der Waals surface area contributed by atoms with E-state index in [0.717, 1.165) is 0 Å². The predicted octanol–water partition coefficient (Wildman–Crippen LogP) is 1.41. The third-order valence-corrected chi connectivity index (χ3v) is 5.79. The molecule has 0 amide bonds. The van der Waals surface area contributed by atoms with Gasteiger partial charge in [0.05, 0.1) is 28.7 Å². The fourth-order valence-electron chi connectivity index (χ4n) is 2.74. The molecular formula is C18H15N5O3S. The Kier molecular flexibility index (Phi) is 4.08. The minimum Gasteiger partial charge on any atom is -0.275 e. The first kappa shape index (κ1) is 17.1. The van der Waals surface area contributed by atoms with Crippen LogP contribution in [0.3, 0.4) is 0 Å². The van der Waals surface area contributed by atoms with Crippen LogP contribution >= 0.6 is 0 Å². The lowest BCUT2D eigenvalue weighted by atomic mass is 10.2. The van der Waals surface area contributed by atoms with Crippen LogP contribution in [0.4, 0.5) is 0 Å². The standard InChI is InChI=1S/C18H15N5O3S/c1-22-8-7-14(21-22)12-23-18(24)16-11-19-17(9-13(16)10-20-23)27(25,26)15-5-3-2-4-6-15/h2-11H,12H2,1H3. The lowest BCUT2D eigenvalue weighted by Crippen LogP contribution is -2.24. The van der Waals surface area contributed by atoms with E-state index in [0.29, 0.717) is 16.5 Å². The predicted molar refractivity (Wildman–Crippen MR) is 98.0 cm³/mol. The molecule has 0 aliphatic rings. The lowest BCUT2D eigenvalue weighted by molar-refractivity contribution is 0.592. The van der Waals surface area contributed by atoms with Gasteiger partial charge in [0.1, 0.15) is 0 Å². The van der Waals surface area contributed by atoms with Crippen molar-refractivity contribution in [2.75, 3.05) is 0 Å². The van der Waals surface area contributed by atoms with Crippen LogP contribution in [0.5, 0.6) is 0 Å². The SMILES string of the molecule is Cn1ccc(Cn2ncc3cc(S(=O)(=O)c4ccccc4)ncc3c2=O)n1. The number of hydrogen-bond donors (Lipinski definition) is 0. The van der Waals surface area contributed by atoms with E-state index in [1.807, 2.05) is 0 Å². The van der Waals surface area contributed by atoms with Crippen LogP contribution in [-0.4, -0.2) is 33.0 Å². The van der Waals surface area contributed by atoms with Crippen molar-refractivity contribution in [3.63, 3.8) is 0 Å². The molecular weight excluding hydrogens is 366 g/mol. The van der Waals surface area contributed by atoms with Crippen molar-refractivity contribution in [3.05, 3.63) is 77.1 Å². The van der Waals surface area contributed by atoms with E-state index in [1.54, 1.807) is 42.2 Å². The van der Waals surface area contributed by atoms with Crippen LogP contribution in [0.25, 0.3) is 10.8 Å². The topological polar surface area (TPSA) is 99.7 Å². The third-order valence-electron chi connectivity index (χ3n) is 4.12. The Morgan fingerprint density at radius 2 is 1.85 bits per heavy atom. The molecule has 0 atom stereocenters. The van der Waals surface area contributed by atoms with Crippen LogP contribution in [0.2, 0.25) is 0 Å². The molecule has 1 aromatic carbocycles. The van der Waals surface area contributed by atoms with Crippen LogP contribution in [-0.2, 0) is 23.4 Å². The van der Waals surface area contributed by atoms with Crippen molar-refractivity contribution < 1.29 is 8.42 Å². The molecule has 8 nitrogen and oxygen atoms in total. The van der Waals surface area contributed by atoms with Gasteiger partial charge in [-0.3, -0.25) is 9.48 Å². The molecule has 0 radical (unpaired) electrons. The number of aromatic nitrogens is 5. The normalized spacial score (nSPS) is 11.7. The summed E-state index contributed by atoms with van der Waals surface area (Å²) in [5.41, 5.74) is 0.344. The molecule has 0 aliphatic carbocycles. The molecule has 3 aromatic heterocycles. The quantitative estimate of drug-likeness (QED) is 0.530. The van der Waals surface area contributed by atoms with Gasteiger partial charge in [-0.05, 0) is 24.3 Å². The number of nitrogens with zero attached hydrogens (tertiary/aromatic N) is 5. The number of sulfone groups is 1. The minimum absolute atomic E-state index is 0.120. The van der Waals surface area contributed by atoms with Gasteiger partial charge < -0.3 is 0 Å². The molecule has 0 saturated carbocycles. The Bertz CT molecular complexity index is 1290. The minimum atomic E-state index is -3.76. The molecule has 0 bridgehead atoms. The summed E-state index contributed by atoms with van der Waals surface area (Å²) in [6, 6.07) is 11.2. The molecule has 4 rings (SSSR count). The highest BCUT2D eigenvalue weighted by Gasteiger charge is 2.20. The fraction of sp³-hybridized carbons (Fsp3) is 0.111. The molecule has 0 aliphatic heterocycles. The average molecular weight is 381 g/mol. The van der Waals surface area contributed by atoms with Crippen molar-refractivity contribution in [2.24, 2.45) is 7.05 Å². The lowest BCUT2D eigenvalue weighted by Gasteiger charge is -2.07. The summed E-state index contributed by atoms with van der Waals surface area (Å²) in [6.07, 6.45) is 4.53. The number of aryl methyl sites for hydroxylation is 1. The van der Waals surface area contributed by atoms with Crippen LogP contribution in [0.15, 0.2) is 75.8 Å². The molecule has 0 fully saturated rings. The second-order valence-electron chi connectivity index (χ2n) is 6.01. The van der Waals surface area contributed by atoms with E-state index in [9.17, 15) is 13.2 Å². The first-order chi connectivity index (χ1) is 12.9. The third kappa shape index (κ3) is 3.13. The molecule has 0 spiro atoms. The molecule has 3 heterocycles. The summed E-state index contributed by atoms with van der Waals surface area (Å²) >= 11 is 0. The number of benzene rings is 1. The number of hydrogen-bond acceptors (Lipinski definition) is 6. The summed E-state index contributed by atoms with van der Waals surface area (Å²) in [4.78, 5) is 16.8. The average Bonchev–Trinajstić information content (AvgIpc) is 3.09. The smallest absolute Gasteiger partial charge is 0.275 e. The van der Waals surface area contributed by atoms with E-state index in [-0.39, 0.29) is 22.0 Å². The van der Waals surface area contributed by atoms with Gasteiger partial charge in [-0.25, -0.2) is 18.1 Å². The summed E-state index contributed by atoms with van der Waals surface area (Å²) in [7, 11) is -1.97. The molecule has 27 heavy (non-hydrogen) atoms. The van der Waals surface area contributed by atoms with Gasteiger partial charge in [0.25, 0.3) is 5.56 Å². The molecule has 0 saturated heterocycles. The molecule has 0 unspecified atom stereocenters. The van der Waals surface area contributed by atoms with Crippen molar-refractivity contribution >= 4 is 20.6 Å². The van der Waals surface area contributed by atoms with Crippen LogP contribution in [0.1, 0.15) is 5.69 Å². The molecule has 0 N–H and O–H groups in total. The number of rotatable bonds is 4. The Morgan fingerprint density at radius 3 is 2.56 bits per heavy atom. The van der Waals surface area contributed by atoms with E-state index < -0.39 is 9.84 Å². The van der Waals surface area contributed by atoms with Crippen molar-refractivity contribution in [2.45, 2.75) is 16.5 Å². The highest BCUT2D eigenvalue weighted by atomic mass is 32.2. The summed E-state index contributed by atoms with van der Waals surface area (Å²) in [5.74, 6) is 0. The maximum Gasteiger partial charge on any atom is 0.276 e. The van der Waals surface area contributed by atoms with Crippen molar-refractivity contribution in [3.8, 4) is 0 Å². The summed E-state index contributed by atoms with van der Waals surface area (Å²) in [5, 5.41) is 8.97. The zero-order chi connectivity index (χ0) is 19.0. The van der Waals surface area contributed by atoms with Gasteiger partial charge in [-0.15, -0.1) is 0 Å². The largest absolute Gasteiger partial charge is 0.276 e. The first-order valence-corrected chi connectivity index (χ1v) is 9.58. The summed E-state index contributed by atoms with van der Waals surface area (Å²) < 4.78 is 28.3. The Balaban J connectivity index is 1.76. The Labute approximate surface area is 154 Å². The van der Waals surface area contributed by atoms with Gasteiger partial charge in [-0.1, -0.05) is 18.2 Å². The maximum absolute atomic E-state index is 12.7. The number of fused-ring (bicyclic) bond motifs is 1. The van der Waals surface area contributed by atoms with Gasteiger partial charge in [0.15, 0.2) is 5.03 Å². The highest BCUT2D eigenvalue weighted by Crippen LogP contribution is 2.21. The van der Waals surface area contributed by atoms with E-state index in [1.165, 1.54) is 35.3 Å². The van der Waals surface area contributed by atoms with Gasteiger partial charge in [-0.2, -0.15) is 10.2 Å². The van der Waals surface area contributed by atoms with Gasteiger partial charge >= 0.3 is 0 Å². The Hall–Kier alpha value is -3.33. The summed E-state index contributed by atoms with van der Waals surface area (Å²) in [6.45, 7) is 0.222. The second-order valence-corrected chi connectivity index (χ2v) is 7.91. The van der Waals surface area contributed by atoms with Gasteiger partial charge in [0.2, 0.25) is 9.84 Å². The van der Waals surface area contributed by atoms with Crippen molar-refractivity contribution in [1.82, 2.24) is 24.5 Å². The zero-order valence-corrected chi connectivity index (χ0v) is 15.2. The molecule has 136 valence electrons. The molecule has 4 aromatic rings. The van der Waals surface area contributed by atoms with E-state index in [4.69, 9.17) is 0 Å².